The van der Waals surface area contributed by atoms with Crippen molar-refractivity contribution in [2.45, 2.75) is 36.5 Å². The number of carboxylic acid groups (broad SMARTS) is 1. The molecule has 2 aliphatic rings. The number of piperidine rings is 1. The molecule has 0 bridgehead atoms. The molecule has 1 N–H and O–H groups in total. The van der Waals surface area contributed by atoms with Gasteiger partial charge in [-0.15, -0.1) is 0 Å². The molecule has 1 heterocycles. The first-order chi connectivity index (χ1) is 13.5. The number of methoxy groups -OCH3 is 1. The molecule has 4 rings (SSSR count). The van der Waals surface area contributed by atoms with Gasteiger partial charge in [-0.2, -0.15) is 0 Å². The number of benzene rings is 2. The van der Waals surface area contributed by atoms with Crippen LogP contribution in [0.4, 0.5) is 0 Å². The number of rotatable bonds is 5. The number of hydrogen-bond donors (Lipinski definition) is 1. The molecule has 2 aromatic carbocycles. The number of nitrogens with zero attached hydrogens (tertiary/aromatic N) is 1. The average Bonchev–Trinajstić information content (AvgIpc) is 3.55. The molecular weight excluding hydrogens is 354 g/mol. The van der Waals surface area contributed by atoms with E-state index < -0.39 is 16.8 Å². The van der Waals surface area contributed by atoms with Crippen molar-refractivity contribution in [1.82, 2.24) is 4.90 Å². The second kappa shape index (κ2) is 6.97. The molecule has 1 aliphatic heterocycles. The maximum atomic E-state index is 13.4. The van der Waals surface area contributed by atoms with E-state index in [4.69, 9.17) is 4.74 Å². The number of para-hydroxylation sites is 1. The summed E-state index contributed by atoms with van der Waals surface area (Å²) in [5, 5.41) is 9.97. The van der Waals surface area contributed by atoms with Crippen molar-refractivity contribution in [1.29, 1.82) is 0 Å². The van der Waals surface area contributed by atoms with Crippen molar-refractivity contribution < 1.29 is 19.4 Å². The van der Waals surface area contributed by atoms with Gasteiger partial charge in [0.05, 0.1) is 17.9 Å². The van der Waals surface area contributed by atoms with Crippen LogP contribution in [0.1, 0.15) is 36.8 Å². The molecule has 5 nitrogen and oxygen atoms in total. The number of carbonyl (C=O) groups is 2. The van der Waals surface area contributed by atoms with Crippen LogP contribution in [0.5, 0.6) is 5.75 Å². The lowest BCUT2D eigenvalue weighted by Gasteiger charge is -2.40. The van der Waals surface area contributed by atoms with Gasteiger partial charge in [-0.25, -0.2) is 0 Å². The van der Waals surface area contributed by atoms with E-state index in [0.29, 0.717) is 25.9 Å². The molecule has 1 saturated heterocycles. The summed E-state index contributed by atoms with van der Waals surface area (Å²) >= 11 is 0. The minimum absolute atomic E-state index is 0.101. The Morgan fingerprint density at radius 3 is 2.07 bits per heavy atom. The molecule has 146 valence electrons. The zero-order valence-electron chi connectivity index (χ0n) is 16.1. The summed E-state index contributed by atoms with van der Waals surface area (Å²) in [5.41, 5.74) is 0.336. The van der Waals surface area contributed by atoms with Crippen LogP contribution in [0.25, 0.3) is 0 Å². The van der Waals surface area contributed by atoms with Crippen molar-refractivity contribution in [2.75, 3.05) is 20.2 Å². The van der Waals surface area contributed by atoms with Gasteiger partial charge in [0.25, 0.3) is 0 Å². The standard InChI is InChI=1S/C23H25NO4/c1-28-19-10-6-5-9-18(19)23(11-12-23)20(25)24-15-13-22(14-16-24,21(26)27)17-7-3-2-4-8-17/h2-10H,11-16H2,1H3,(H,26,27). The van der Waals surface area contributed by atoms with Gasteiger partial charge in [-0.05, 0) is 37.3 Å². The Balaban J connectivity index is 1.55. The monoisotopic (exact) mass is 379 g/mol. The third-order valence-corrected chi connectivity index (χ3v) is 6.42. The molecule has 28 heavy (non-hydrogen) atoms. The summed E-state index contributed by atoms with van der Waals surface area (Å²) in [6, 6.07) is 17.1. The minimum atomic E-state index is -0.917. The highest BCUT2D eigenvalue weighted by Crippen LogP contribution is 2.53. The maximum absolute atomic E-state index is 13.4. The largest absolute Gasteiger partial charge is 0.496 e. The second-order valence-electron chi connectivity index (χ2n) is 7.83. The Hall–Kier alpha value is -2.82. The Morgan fingerprint density at radius 1 is 0.893 bits per heavy atom. The third kappa shape index (κ3) is 2.86. The van der Waals surface area contributed by atoms with Crippen LogP contribution in [0.2, 0.25) is 0 Å². The molecule has 0 radical (unpaired) electrons. The van der Waals surface area contributed by atoms with Gasteiger partial charge in [-0.3, -0.25) is 9.59 Å². The normalized spacial score (nSPS) is 19.7. The van der Waals surface area contributed by atoms with Crippen LogP contribution in [0, 0.1) is 0 Å². The third-order valence-electron chi connectivity index (χ3n) is 6.42. The van der Waals surface area contributed by atoms with E-state index in [-0.39, 0.29) is 5.91 Å². The van der Waals surface area contributed by atoms with Crippen LogP contribution in [0.15, 0.2) is 54.6 Å². The highest BCUT2D eigenvalue weighted by atomic mass is 16.5. The Morgan fingerprint density at radius 2 is 1.50 bits per heavy atom. The molecule has 1 amide bonds. The number of carboxylic acids is 1. The van der Waals surface area contributed by atoms with Gasteiger partial charge in [0.2, 0.25) is 5.91 Å². The average molecular weight is 379 g/mol. The van der Waals surface area contributed by atoms with Crippen LogP contribution >= 0.6 is 0 Å². The van der Waals surface area contributed by atoms with Crippen LogP contribution in [-0.4, -0.2) is 42.1 Å². The fourth-order valence-electron chi connectivity index (χ4n) is 4.54. The lowest BCUT2D eigenvalue weighted by Crippen LogP contribution is -2.51. The highest BCUT2D eigenvalue weighted by Gasteiger charge is 2.55. The number of amides is 1. The Labute approximate surface area is 164 Å². The van der Waals surface area contributed by atoms with Crippen molar-refractivity contribution in [2.24, 2.45) is 0 Å². The summed E-state index contributed by atoms with van der Waals surface area (Å²) < 4.78 is 5.48. The van der Waals surface area contributed by atoms with Crippen molar-refractivity contribution in [3.8, 4) is 5.75 Å². The zero-order chi connectivity index (χ0) is 19.8. The molecular formula is C23H25NO4. The lowest BCUT2D eigenvalue weighted by atomic mass is 9.72. The first-order valence-corrected chi connectivity index (χ1v) is 9.75. The van der Waals surface area contributed by atoms with Crippen LogP contribution in [0.3, 0.4) is 0 Å². The van der Waals surface area contributed by atoms with Gasteiger partial charge in [0.1, 0.15) is 5.75 Å². The molecule has 1 saturated carbocycles. The van der Waals surface area contributed by atoms with E-state index >= 15 is 0 Å². The molecule has 0 aromatic heterocycles. The van der Waals surface area contributed by atoms with E-state index in [1.807, 2.05) is 59.5 Å². The van der Waals surface area contributed by atoms with Crippen molar-refractivity contribution in [3.63, 3.8) is 0 Å². The van der Waals surface area contributed by atoms with Crippen molar-refractivity contribution >= 4 is 11.9 Å². The molecule has 1 aliphatic carbocycles. The zero-order valence-corrected chi connectivity index (χ0v) is 16.1. The van der Waals surface area contributed by atoms with Gasteiger partial charge < -0.3 is 14.7 Å². The summed E-state index contributed by atoms with van der Waals surface area (Å²) in [7, 11) is 1.63. The van der Waals surface area contributed by atoms with E-state index in [0.717, 1.165) is 29.7 Å². The highest BCUT2D eigenvalue weighted by molar-refractivity contribution is 5.92. The molecule has 2 fully saturated rings. The van der Waals surface area contributed by atoms with E-state index in [9.17, 15) is 14.7 Å². The predicted molar refractivity (Wildman–Crippen MR) is 105 cm³/mol. The number of ether oxygens (including phenoxy) is 1. The van der Waals surface area contributed by atoms with Gasteiger partial charge in [-0.1, -0.05) is 48.5 Å². The number of carbonyl (C=O) groups excluding carboxylic acids is 1. The SMILES string of the molecule is COc1ccccc1C1(C(=O)N2CCC(C(=O)O)(c3ccccc3)CC2)CC1. The summed E-state index contributed by atoms with van der Waals surface area (Å²) in [5.74, 6) is 0.0373. The summed E-state index contributed by atoms with van der Waals surface area (Å²) in [6.07, 6.45) is 2.48. The molecule has 0 spiro atoms. The molecule has 0 atom stereocenters. The summed E-state index contributed by atoms with van der Waals surface area (Å²) in [4.78, 5) is 27.4. The first kappa shape index (κ1) is 18.5. The quantitative estimate of drug-likeness (QED) is 0.865. The first-order valence-electron chi connectivity index (χ1n) is 9.75. The van der Waals surface area contributed by atoms with Gasteiger partial charge in [0, 0.05) is 18.7 Å². The smallest absolute Gasteiger partial charge is 0.314 e. The van der Waals surface area contributed by atoms with Crippen LogP contribution < -0.4 is 4.74 Å². The van der Waals surface area contributed by atoms with E-state index in [1.54, 1.807) is 7.11 Å². The fraction of sp³-hybridized carbons (Fsp3) is 0.391. The number of likely N-dealkylation sites (tertiary alicyclic amines) is 1. The number of hydrogen-bond acceptors (Lipinski definition) is 3. The van der Waals surface area contributed by atoms with Crippen LogP contribution in [-0.2, 0) is 20.4 Å². The van der Waals surface area contributed by atoms with E-state index in [2.05, 4.69) is 0 Å². The molecule has 5 heteroatoms. The second-order valence-corrected chi connectivity index (χ2v) is 7.83. The lowest BCUT2D eigenvalue weighted by molar-refractivity contribution is -0.148. The Bertz CT molecular complexity index is 880. The van der Waals surface area contributed by atoms with Gasteiger partial charge >= 0.3 is 5.97 Å². The predicted octanol–water partition coefficient (Wildman–Crippen LogP) is 3.37. The van der Waals surface area contributed by atoms with E-state index in [1.165, 1.54) is 0 Å². The molecule has 2 aromatic rings. The number of aliphatic carboxylic acids is 1. The summed E-state index contributed by atoms with van der Waals surface area (Å²) in [6.45, 7) is 0.911. The topological polar surface area (TPSA) is 66.8 Å². The van der Waals surface area contributed by atoms with Crippen molar-refractivity contribution in [3.05, 3.63) is 65.7 Å². The Kier molecular flexibility index (Phi) is 4.61. The fourth-order valence-corrected chi connectivity index (χ4v) is 4.54. The minimum Gasteiger partial charge on any atom is -0.496 e. The molecule has 0 unspecified atom stereocenters. The van der Waals surface area contributed by atoms with Gasteiger partial charge in [0.15, 0.2) is 0 Å². The maximum Gasteiger partial charge on any atom is 0.314 e.